The Morgan fingerprint density at radius 3 is 2.67 bits per heavy atom. The first-order valence-corrected chi connectivity index (χ1v) is 9.69. The average molecular weight is 382 g/mol. The maximum atomic E-state index is 12.6. The number of aromatic nitrogens is 1. The predicted molar refractivity (Wildman–Crippen MR) is 106 cm³/mol. The van der Waals surface area contributed by atoms with Crippen molar-refractivity contribution in [3.63, 3.8) is 0 Å². The van der Waals surface area contributed by atoms with Crippen molar-refractivity contribution in [1.29, 1.82) is 0 Å². The van der Waals surface area contributed by atoms with E-state index in [1.807, 2.05) is 61.5 Å². The van der Waals surface area contributed by atoms with Crippen molar-refractivity contribution in [2.45, 2.75) is 24.0 Å². The molecule has 1 heterocycles. The van der Waals surface area contributed by atoms with Crippen LogP contribution in [-0.2, 0) is 12.2 Å². The molecule has 0 bridgehead atoms. The minimum atomic E-state index is -0.0691. The van der Waals surface area contributed by atoms with Crippen LogP contribution in [0.4, 0.5) is 0 Å². The van der Waals surface area contributed by atoms with Crippen LogP contribution in [0.15, 0.2) is 64.0 Å². The summed E-state index contributed by atoms with van der Waals surface area (Å²) in [5.74, 6) is 2.19. The molecule has 0 saturated heterocycles. The van der Waals surface area contributed by atoms with E-state index >= 15 is 0 Å². The van der Waals surface area contributed by atoms with Crippen LogP contribution in [0.1, 0.15) is 27.4 Å². The molecule has 0 radical (unpaired) electrons. The van der Waals surface area contributed by atoms with Gasteiger partial charge in [0.2, 0.25) is 0 Å². The molecule has 27 heavy (non-hydrogen) atoms. The van der Waals surface area contributed by atoms with Gasteiger partial charge in [0, 0.05) is 17.5 Å². The normalized spacial score (nSPS) is 10.6. The Labute approximate surface area is 163 Å². The van der Waals surface area contributed by atoms with E-state index < -0.39 is 0 Å². The minimum absolute atomic E-state index is 0.0691. The first kappa shape index (κ1) is 19.0. The zero-order valence-corrected chi connectivity index (χ0v) is 16.2. The Bertz CT molecular complexity index is 890. The Kier molecular flexibility index (Phi) is 6.54. The fraction of sp³-hybridized carbons (Fsp3) is 0.238. The molecule has 1 N–H and O–H groups in total. The van der Waals surface area contributed by atoms with Crippen LogP contribution in [0.25, 0.3) is 0 Å². The lowest BCUT2D eigenvalue weighted by Gasteiger charge is -2.10. The highest BCUT2D eigenvalue weighted by Crippen LogP contribution is 2.26. The SMILES string of the molecule is COc1ccc(CCNC(=O)c2ccccc2SCc2cc(C)no2)cc1. The highest BCUT2D eigenvalue weighted by molar-refractivity contribution is 7.98. The number of benzene rings is 2. The second-order valence-electron chi connectivity index (χ2n) is 6.07. The van der Waals surface area contributed by atoms with E-state index in [-0.39, 0.29) is 5.91 Å². The van der Waals surface area contributed by atoms with Crippen LogP contribution in [0.2, 0.25) is 0 Å². The maximum Gasteiger partial charge on any atom is 0.252 e. The third-order valence-electron chi connectivity index (χ3n) is 4.04. The number of aryl methyl sites for hydroxylation is 1. The summed E-state index contributed by atoms with van der Waals surface area (Å²) >= 11 is 1.57. The van der Waals surface area contributed by atoms with Crippen molar-refractivity contribution in [3.05, 3.63) is 77.2 Å². The van der Waals surface area contributed by atoms with E-state index in [9.17, 15) is 4.79 Å². The molecule has 0 fully saturated rings. The third-order valence-corrected chi connectivity index (χ3v) is 5.13. The maximum absolute atomic E-state index is 12.6. The number of hydrogen-bond acceptors (Lipinski definition) is 5. The predicted octanol–water partition coefficient (Wildman–Crippen LogP) is 4.26. The van der Waals surface area contributed by atoms with E-state index in [4.69, 9.17) is 9.26 Å². The molecule has 0 spiro atoms. The fourth-order valence-corrected chi connectivity index (χ4v) is 3.55. The molecule has 3 rings (SSSR count). The summed E-state index contributed by atoms with van der Waals surface area (Å²) in [5, 5.41) is 6.89. The molecule has 0 atom stereocenters. The number of methoxy groups -OCH3 is 1. The van der Waals surface area contributed by atoms with Crippen molar-refractivity contribution < 1.29 is 14.1 Å². The summed E-state index contributed by atoms with van der Waals surface area (Å²) < 4.78 is 10.4. The highest BCUT2D eigenvalue weighted by Gasteiger charge is 2.12. The van der Waals surface area contributed by atoms with Gasteiger partial charge < -0.3 is 14.6 Å². The fourth-order valence-electron chi connectivity index (χ4n) is 2.62. The molecule has 1 amide bonds. The Hall–Kier alpha value is -2.73. The number of amides is 1. The lowest BCUT2D eigenvalue weighted by molar-refractivity contribution is 0.0951. The van der Waals surface area contributed by atoms with Crippen molar-refractivity contribution in [1.82, 2.24) is 10.5 Å². The standard InChI is InChI=1S/C21H22N2O3S/c1-15-13-18(26-23-15)14-27-20-6-4-3-5-19(20)21(24)22-12-11-16-7-9-17(25-2)10-8-16/h3-10,13H,11-12,14H2,1-2H3,(H,22,24). The van der Waals surface area contributed by atoms with E-state index in [1.54, 1.807) is 18.9 Å². The van der Waals surface area contributed by atoms with Gasteiger partial charge in [-0.05, 0) is 43.2 Å². The van der Waals surface area contributed by atoms with Gasteiger partial charge in [-0.15, -0.1) is 11.8 Å². The second-order valence-corrected chi connectivity index (χ2v) is 7.09. The largest absolute Gasteiger partial charge is 0.497 e. The molecule has 1 aromatic heterocycles. The molecule has 0 aliphatic rings. The molecule has 6 heteroatoms. The summed E-state index contributed by atoms with van der Waals surface area (Å²) in [6.45, 7) is 2.47. The van der Waals surface area contributed by atoms with E-state index in [0.29, 0.717) is 17.9 Å². The Morgan fingerprint density at radius 1 is 1.19 bits per heavy atom. The number of carbonyl (C=O) groups excluding carboxylic acids is 1. The van der Waals surface area contributed by atoms with Gasteiger partial charge in [0.05, 0.1) is 24.1 Å². The van der Waals surface area contributed by atoms with Crippen molar-refractivity contribution in [3.8, 4) is 5.75 Å². The molecule has 0 aliphatic carbocycles. The second kappa shape index (κ2) is 9.28. The summed E-state index contributed by atoms with van der Waals surface area (Å²) in [5.41, 5.74) is 2.68. The van der Waals surface area contributed by atoms with Gasteiger partial charge in [0.1, 0.15) is 11.5 Å². The number of carbonyl (C=O) groups is 1. The molecule has 0 unspecified atom stereocenters. The minimum Gasteiger partial charge on any atom is -0.497 e. The first-order valence-electron chi connectivity index (χ1n) is 8.71. The molecule has 3 aromatic rings. The van der Waals surface area contributed by atoms with Gasteiger partial charge in [-0.1, -0.05) is 29.4 Å². The number of nitrogens with one attached hydrogen (secondary N) is 1. The number of nitrogens with zero attached hydrogens (tertiary/aromatic N) is 1. The van der Waals surface area contributed by atoms with E-state index in [0.717, 1.165) is 34.1 Å². The molecule has 2 aromatic carbocycles. The Morgan fingerprint density at radius 2 is 1.96 bits per heavy atom. The van der Waals surface area contributed by atoms with E-state index in [1.165, 1.54) is 0 Å². The summed E-state index contributed by atoms with van der Waals surface area (Å²) in [4.78, 5) is 13.5. The molecular weight excluding hydrogens is 360 g/mol. The third kappa shape index (κ3) is 5.37. The van der Waals surface area contributed by atoms with Crippen LogP contribution >= 0.6 is 11.8 Å². The lowest BCUT2D eigenvalue weighted by Crippen LogP contribution is -2.26. The smallest absolute Gasteiger partial charge is 0.252 e. The monoisotopic (exact) mass is 382 g/mol. The Balaban J connectivity index is 1.55. The van der Waals surface area contributed by atoms with Crippen LogP contribution in [0, 0.1) is 6.92 Å². The molecule has 0 saturated carbocycles. The van der Waals surface area contributed by atoms with Gasteiger partial charge in [0.25, 0.3) is 5.91 Å². The average Bonchev–Trinajstić information content (AvgIpc) is 3.12. The number of thioether (sulfide) groups is 1. The summed E-state index contributed by atoms with van der Waals surface area (Å²) in [6, 6.07) is 17.4. The van der Waals surface area contributed by atoms with Crippen LogP contribution in [0.3, 0.4) is 0 Å². The molecule has 5 nitrogen and oxygen atoms in total. The lowest BCUT2D eigenvalue weighted by atomic mass is 10.1. The van der Waals surface area contributed by atoms with Gasteiger partial charge >= 0.3 is 0 Å². The molecular formula is C21H22N2O3S. The van der Waals surface area contributed by atoms with Gasteiger partial charge in [-0.3, -0.25) is 4.79 Å². The van der Waals surface area contributed by atoms with Crippen LogP contribution in [-0.4, -0.2) is 24.7 Å². The molecule has 140 valence electrons. The zero-order valence-electron chi connectivity index (χ0n) is 15.4. The topological polar surface area (TPSA) is 64.4 Å². The molecule has 0 aliphatic heterocycles. The first-order chi connectivity index (χ1) is 13.2. The van der Waals surface area contributed by atoms with Crippen LogP contribution in [0.5, 0.6) is 5.75 Å². The van der Waals surface area contributed by atoms with Gasteiger partial charge in [0.15, 0.2) is 0 Å². The van der Waals surface area contributed by atoms with E-state index in [2.05, 4.69) is 10.5 Å². The summed E-state index contributed by atoms with van der Waals surface area (Å²) in [6.07, 6.45) is 0.766. The summed E-state index contributed by atoms with van der Waals surface area (Å²) in [7, 11) is 1.65. The zero-order chi connectivity index (χ0) is 19.1. The van der Waals surface area contributed by atoms with Gasteiger partial charge in [-0.2, -0.15) is 0 Å². The van der Waals surface area contributed by atoms with Crippen molar-refractivity contribution in [2.24, 2.45) is 0 Å². The van der Waals surface area contributed by atoms with Crippen molar-refractivity contribution >= 4 is 17.7 Å². The number of ether oxygens (including phenoxy) is 1. The van der Waals surface area contributed by atoms with Crippen LogP contribution < -0.4 is 10.1 Å². The number of hydrogen-bond donors (Lipinski definition) is 1. The quantitative estimate of drug-likeness (QED) is 0.590. The van der Waals surface area contributed by atoms with Crippen molar-refractivity contribution in [2.75, 3.05) is 13.7 Å². The number of rotatable bonds is 8. The van der Waals surface area contributed by atoms with Gasteiger partial charge in [-0.25, -0.2) is 0 Å². The highest BCUT2D eigenvalue weighted by atomic mass is 32.2.